The van der Waals surface area contributed by atoms with Crippen LogP contribution in [0.15, 0.2) is 16.3 Å². The van der Waals surface area contributed by atoms with Crippen molar-refractivity contribution in [2.45, 2.75) is 49.9 Å². The number of hydrogen-bond donors (Lipinski definition) is 3. The van der Waals surface area contributed by atoms with E-state index in [1.54, 1.807) is 12.1 Å². The summed E-state index contributed by atoms with van der Waals surface area (Å²) in [5.41, 5.74) is 5.57. The first-order valence-corrected chi connectivity index (χ1v) is 9.14. The van der Waals surface area contributed by atoms with Crippen molar-refractivity contribution >= 4 is 39.7 Å². The van der Waals surface area contributed by atoms with E-state index in [9.17, 15) is 13.2 Å². The van der Waals surface area contributed by atoms with Gasteiger partial charge in [0.05, 0.1) is 6.54 Å². The normalized spacial score (nSPS) is 11.8. The molecule has 4 N–H and O–H groups in total. The van der Waals surface area contributed by atoms with Gasteiger partial charge in [-0.3, -0.25) is 4.79 Å². The Kier molecular flexibility index (Phi) is 8.56. The lowest BCUT2D eigenvalue weighted by molar-refractivity contribution is -0.119. The molecule has 22 heavy (non-hydrogen) atoms. The fourth-order valence-corrected chi connectivity index (χ4v) is 4.10. The molecule has 0 saturated heterocycles. The monoisotopic (exact) mass is 369 g/mol. The molecule has 1 rings (SSSR count). The SMILES string of the molecule is CCC(N)(CC)CNS(=O)(=O)c1ccc(CNC(C)=O)s1.Cl. The van der Waals surface area contributed by atoms with Crippen molar-refractivity contribution in [3.8, 4) is 0 Å². The summed E-state index contributed by atoms with van der Waals surface area (Å²) in [4.78, 5) is 11.6. The van der Waals surface area contributed by atoms with Crippen LogP contribution in [0, 0.1) is 0 Å². The van der Waals surface area contributed by atoms with Crippen molar-refractivity contribution in [2.24, 2.45) is 5.73 Å². The number of carbonyl (C=O) groups excluding carboxylic acids is 1. The van der Waals surface area contributed by atoms with Crippen LogP contribution >= 0.6 is 23.7 Å². The fourth-order valence-electron chi connectivity index (χ4n) is 1.62. The van der Waals surface area contributed by atoms with Crippen LogP contribution < -0.4 is 15.8 Å². The maximum Gasteiger partial charge on any atom is 0.250 e. The van der Waals surface area contributed by atoms with Crippen LogP contribution in [0.1, 0.15) is 38.5 Å². The second-order valence-corrected chi connectivity index (χ2v) is 8.19. The summed E-state index contributed by atoms with van der Waals surface area (Å²) in [6.45, 7) is 5.84. The van der Waals surface area contributed by atoms with Crippen molar-refractivity contribution < 1.29 is 13.2 Å². The summed E-state index contributed by atoms with van der Waals surface area (Å²) in [5, 5.41) is 2.64. The van der Waals surface area contributed by atoms with Crippen molar-refractivity contribution in [3.63, 3.8) is 0 Å². The zero-order valence-electron chi connectivity index (χ0n) is 13.0. The number of thiophene rings is 1. The maximum absolute atomic E-state index is 12.2. The minimum atomic E-state index is -3.56. The Morgan fingerprint density at radius 1 is 1.32 bits per heavy atom. The van der Waals surface area contributed by atoms with Gasteiger partial charge in [0.2, 0.25) is 15.9 Å². The number of amides is 1. The number of hydrogen-bond acceptors (Lipinski definition) is 5. The molecule has 1 amide bonds. The van der Waals surface area contributed by atoms with Gasteiger partial charge in [-0.1, -0.05) is 13.8 Å². The Labute approximate surface area is 142 Å². The molecule has 128 valence electrons. The summed E-state index contributed by atoms with van der Waals surface area (Å²) in [6.07, 6.45) is 1.40. The van der Waals surface area contributed by atoms with Gasteiger partial charge in [-0.05, 0) is 25.0 Å². The molecule has 0 unspecified atom stereocenters. The lowest BCUT2D eigenvalue weighted by atomic mass is 9.95. The number of sulfonamides is 1. The molecular formula is C13H24ClN3O3S2. The molecule has 0 aliphatic rings. The molecule has 1 aromatic rings. The molecule has 0 spiro atoms. The summed E-state index contributed by atoms with van der Waals surface area (Å²) >= 11 is 1.14. The van der Waals surface area contributed by atoms with Gasteiger partial charge in [0.1, 0.15) is 4.21 Å². The van der Waals surface area contributed by atoms with Crippen LogP contribution in [-0.2, 0) is 21.4 Å². The third-order valence-electron chi connectivity index (χ3n) is 3.44. The zero-order chi connectivity index (χ0) is 16.1. The standard InChI is InChI=1S/C13H23N3O3S2.ClH/c1-4-13(14,5-2)9-16-21(18,19)12-7-6-11(20-12)8-15-10(3)17;/h6-7,16H,4-5,8-9,14H2,1-3H3,(H,15,17);1H. The van der Waals surface area contributed by atoms with E-state index < -0.39 is 15.6 Å². The van der Waals surface area contributed by atoms with Crippen LogP contribution in [0.5, 0.6) is 0 Å². The van der Waals surface area contributed by atoms with Crippen LogP contribution in [-0.4, -0.2) is 26.4 Å². The molecule has 1 aromatic heterocycles. The first-order chi connectivity index (χ1) is 9.72. The highest BCUT2D eigenvalue weighted by Crippen LogP contribution is 2.22. The first-order valence-electron chi connectivity index (χ1n) is 6.84. The highest BCUT2D eigenvalue weighted by molar-refractivity contribution is 7.91. The summed E-state index contributed by atoms with van der Waals surface area (Å²) in [6, 6.07) is 3.24. The van der Waals surface area contributed by atoms with Gasteiger partial charge in [0.15, 0.2) is 0 Å². The van der Waals surface area contributed by atoms with Crippen LogP contribution in [0.3, 0.4) is 0 Å². The van der Waals surface area contributed by atoms with Crippen LogP contribution in [0.4, 0.5) is 0 Å². The van der Waals surface area contributed by atoms with E-state index in [-0.39, 0.29) is 29.1 Å². The lowest BCUT2D eigenvalue weighted by Gasteiger charge is -2.26. The van der Waals surface area contributed by atoms with Gasteiger partial charge in [-0.25, -0.2) is 13.1 Å². The molecule has 0 bridgehead atoms. The van der Waals surface area contributed by atoms with Gasteiger partial charge < -0.3 is 11.1 Å². The summed E-state index contributed by atoms with van der Waals surface area (Å²) in [7, 11) is -3.56. The Bertz CT molecular complexity index is 583. The molecule has 0 aliphatic heterocycles. The minimum Gasteiger partial charge on any atom is -0.351 e. The van der Waals surface area contributed by atoms with E-state index in [0.29, 0.717) is 19.4 Å². The summed E-state index contributed by atoms with van der Waals surface area (Å²) in [5.74, 6) is -0.148. The Morgan fingerprint density at radius 2 is 1.91 bits per heavy atom. The van der Waals surface area contributed by atoms with Gasteiger partial charge in [0.25, 0.3) is 0 Å². The van der Waals surface area contributed by atoms with E-state index in [4.69, 9.17) is 5.73 Å². The minimum absolute atomic E-state index is 0. The number of carbonyl (C=O) groups is 1. The van der Waals surface area contributed by atoms with Crippen LogP contribution in [0.25, 0.3) is 0 Å². The number of nitrogens with two attached hydrogens (primary N) is 1. The average Bonchev–Trinajstić information content (AvgIpc) is 2.92. The second kappa shape index (κ2) is 8.83. The average molecular weight is 370 g/mol. The van der Waals surface area contributed by atoms with Crippen molar-refractivity contribution in [3.05, 3.63) is 17.0 Å². The molecule has 9 heteroatoms. The van der Waals surface area contributed by atoms with E-state index in [1.807, 2.05) is 13.8 Å². The van der Waals surface area contributed by atoms with E-state index in [2.05, 4.69) is 10.0 Å². The van der Waals surface area contributed by atoms with Crippen molar-refractivity contribution in [1.29, 1.82) is 0 Å². The zero-order valence-corrected chi connectivity index (χ0v) is 15.5. The quantitative estimate of drug-likeness (QED) is 0.647. The second-order valence-electron chi connectivity index (χ2n) is 5.02. The highest BCUT2D eigenvalue weighted by atomic mass is 35.5. The number of nitrogens with one attached hydrogen (secondary N) is 2. The van der Waals surface area contributed by atoms with Crippen molar-refractivity contribution in [2.75, 3.05) is 6.54 Å². The molecule has 0 aliphatic carbocycles. The molecule has 0 radical (unpaired) electrons. The largest absolute Gasteiger partial charge is 0.351 e. The van der Waals surface area contributed by atoms with E-state index in [0.717, 1.165) is 16.2 Å². The molecule has 0 fully saturated rings. The topological polar surface area (TPSA) is 101 Å². The highest BCUT2D eigenvalue weighted by Gasteiger charge is 2.24. The van der Waals surface area contributed by atoms with Gasteiger partial charge in [-0.15, -0.1) is 23.7 Å². The van der Waals surface area contributed by atoms with Gasteiger partial charge >= 0.3 is 0 Å². The summed E-state index contributed by atoms with van der Waals surface area (Å²) < 4.78 is 27.2. The smallest absolute Gasteiger partial charge is 0.250 e. The lowest BCUT2D eigenvalue weighted by Crippen LogP contribution is -2.49. The molecule has 6 nitrogen and oxygen atoms in total. The number of halogens is 1. The molecule has 0 aromatic carbocycles. The Morgan fingerprint density at radius 3 is 2.41 bits per heavy atom. The molecular weight excluding hydrogens is 346 g/mol. The van der Waals surface area contributed by atoms with E-state index >= 15 is 0 Å². The predicted molar refractivity (Wildman–Crippen MR) is 91.8 cm³/mol. The molecule has 1 heterocycles. The predicted octanol–water partition coefficient (Wildman–Crippen LogP) is 1.60. The first kappa shape index (κ1) is 21.3. The van der Waals surface area contributed by atoms with Gasteiger partial charge in [0, 0.05) is 23.9 Å². The van der Waals surface area contributed by atoms with Crippen molar-refractivity contribution in [1.82, 2.24) is 10.0 Å². The third-order valence-corrected chi connectivity index (χ3v) is 6.41. The van der Waals surface area contributed by atoms with E-state index in [1.165, 1.54) is 6.92 Å². The van der Waals surface area contributed by atoms with Crippen LogP contribution in [0.2, 0.25) is 0 Å². The maximum atomic E-state index is 12.2. The Hall–Kier alpha value is -0.670. The van der Waals surface area contributed by atoms with Gasteiger partial charge in [-0.2, -0.15) is 0 Å². The third kappa shape index (κ3) is 6.21. The fraction of sp³-hybridized carbons (Fsp3) is 0.615. The molecule has 0 atom stereocenters. The molecule has 0 saturated carbocycles. The number of rotatable bonds is 8. The Balaban J connectivity index is 0.00000441.